The van der Waals surface area contributed by atoms with Gasteiger partial charge in [-0.15, -0.1) is 0 Å². The lowest BCUT2D eigenvalue weighted by molar-refractivity contribution is -0.133. The van der Waals surface area contributed by atoms with Crippen LogP contribution in [0.15, 0.2) is 23.1 Å². The van der Waals surface area contributed by atoms with E-state index >= 15 is 0 Å². The zero-order valence-corrected chi connectivity index (χ0v) is 15.1. The number of hydrogen-bond acceptors (Lipinski definition) is 5. The molecule has 1 aliphatic heterocycles. The number of carbonyl (C=O) groups is 1. The number of benzene rings is 1. The Hall–Kier alpha value is -1.66. The third-order valence-corrected chi connectivity index (χ3v) is 5.90. The molecule has 1 saturated heterocycles. The Morgan fingerprint density at radius 2 is 1.92 bits per heavy atom. The minimum atomic E-state index is -3.82. The van der Waals surface area contributed by atoms with E-state index in [-0.39, 0.29) is 34.5 Å². The molecule has 2 rings (SSSR count). The van der Waals surface area contributed by atoms with Crippen LogP contribution in [0.25, 0.3) is 0 Å². The summed E-state index contributed by atoms with van der Waals surface area (Å²) in [4.78, 5) is 15.4. The van der Waals surface area contributed by atoms with Crippen LogP contribution in [0.3, 0.4) is 0 Å². The van der Waals surface area contributed by atoms with Crippen molar-refractivity contribution in [2.75, 3.05) is 46.8 Å². The van der Waals surface area contributed by atoms with Gasteiger partial charge in [0.15, 0.2) is 0 Å². The first-order valence-corrected chi connectivity index (χ1v) is 9.20. The highest BCUT2D eigenvalue weighted by Crippen LogP contribution is 2.24. The normalized spacial score (nSPS) is 16.2. The fraction of sp³-hybridized carbons (Fsp3) is 0.467. The fourth-order valence-corrected chi connectivity index (χ4v) is 4.32. The van der Waals surface area contributed by atoms with Crippen molar-refractivity contribution in [3.8, 4) is 6.07 Å². The second-order valence-electron chi connectivity index (χ2n) is 5.77. The Morgan fingerprint density at radius 3 is 2.46 bits per heavy atom. The van der Waals surface area contributed by atoms with E-state index in [2.05, 4.69) is 0 Å². The van der Waals surface area contributed by atoms with Crippen molar-refractivity contribution in [3.63, 3.8) is 0 Å². The van der Waals surface area contributed by atoms with Crippen LogP contribution in [0.1, 0.15) is 5.56 Å². The zero-order chi connectivity index (χ0) is 17.9. The van der Waals surface area contributed by atoms with E-state index in [9.17, 15) is 13.2 Å². The summed E-state index contributed by atoms with van der Waals surface area (Å²) in [6.45, 7) is 1.33. The molecule has 0 radical (unpaired) electrons. The summed E-state index contributed by atoms with van der Waals surface area (Å²) in [6, 6.07) is 6.05. The number of amides is 1. The summed E-state index contributed by atoms with van der Waals surface area (Å²) in [7, 11) is -0.208. The van der Waals surface area contributed by atoms with Crippen molar-refractivity contribution in [2.45, 2.75) is 4.90 Å². The molecule has 0 bridgehead atoms. The van der Waals surface area contributed by atoms with Crippen LogP contribution in [-0.4, -0.2) is 75.2 Å². The number of nitrogens with zero attached hydrogens (tertiary/aromatic N) is 4. The van der Waals surface area contributed by atoms with Gasteiger partial charge in [0.1, 0.15) is 11.0 Å². The minimum absolute atomic E-state index is 0.0301. The molecule has 24 heavy (non-hydrogen) atoms. The Labute approximate surface area is 147 Å². The van der Waals surface area contributed by atoms with E-state index < -0.39 is 10.0 Å². The summed E-state index contributed by atoms with van der Waals surface area (Å²) >= 11 is 5.88. The maximum atomic E-state index is 12.8. The average Bonchev–Trinajstić information content (AvgIpc) is 2.54. The zero-order valence-electron chi connectivity index (χ0n) is 13.6. The Bertz CT molecular complexity index is 765. The van der Waals surface area contributed by atoms with Gasteiger partial charge in [-0.2, -0.15) is 9.57 Å². The quantitative estimate of drug-likeness (QED) is 0.775. The molecule has 0 aromatic heterocycles. The number of halogens is 1. The monoisotopic (exact) mass is 370 g/mol. The largest absolute Gasteiger partial charge is 0.339 e. The van der Waals surface area contributed by atoms with Gasteiger partial charge in [0.05, 0.1) is 12.1 Å². The van der Waals surface area contributed by atoms with Crippen LogP contribution in [0, 0.1) is 11.3 Å². The third-order valence-electron chi connectivity index (χ3n) is 3.72. The van der Waals surface area contributed by atoms with E-state index in [4.69, 9.17) is 16.9 Å². The maximum Gasteiger partial charge on any atom is 0.244 e. The number of nitriles is 1. The summed E-state index contributed by atoms with van der Waals surface area (Å²) in [5.74, 6) is -0.0301. The molecule has 1 heterocycles. The maximum absolute atomic E-state index is 12.8. The van der Waals surface area contributed by atoms with Gasteiger partial charge in [0.25, 0.3) is 0 Å². The molecule has 1 aliphatic rings. The molecule has 0 aliphatic carbocycles. The van der Waals surface area contributed by atoms with E-state index in [1.807, 2.05) is 6.07 Å². The lowest BCUT2D eigenvalue weighted by Crippen LogP contribution is -2.52. The second-order valence-corrected chi connectivity index (χ2v) is 8.12. The second kappa shape index (κ2) is 7.49. The topological polar surface area (TPSA) is 84.7 Å². The first kappa shape index (κ1) is 18.7. The molecule has 7 nitrogen and oxygen atoms in total. The Morgan fingerprint density at radius 1 is 1.29 bits per heavy atom. The highest BCUT2D eigenvalue weighted by molar-refractivity contribution is 7.89. The Kier molecular flexibility index (Phi) is 5.83. The smallest absolute Gasteiger partial charge is 0.244 e. The number of piperazine rings is 1. The predicted molar refractivity (Wildman–Crippen MR) is 90.1 cm³/mol. The van der Waals surface area contributed by atoms with Crippen LogP contribution in [0.4, 0.5) is 0 Å². The van der Waals surface area contributed by atoms with Gasteiger partial charge in [-0.25, -0.2) is 8.42 Å². The molecule has 1 aromatic rings. The fourth-order valence-electron chi connectivity index (χ4n) is 2.49. The molecule has 0 atom stereocenters. The third kappa shape index (κ3) is 4.05. The summed E-state index contributed by atoms with van der Waals surface area (Å²) in [5.41, 5.74) is 0.0607. The van der Waals surface area contributed by atoms with E-state index in [1.165, 1.54) is 22.5 Å². The first-order valence-electron chi connectivity index (χ1n) is 7.38. The molecule has 130 valence electrons. The van der Waals surface area contributed by atoms with Crippen molar-refractivity contribution < 1.29 is 13.2 Å². The van der Waals surface area contributed by atoms with Crippen LogP contribution in [0.5, 0.6) is 0 Å². The number of likely N-dealkylation sites (N-methyl/N-ethyl adjacent to an activating group) is 1. The van der Waals surface area contributed by atoms with Crippen molar-refractivity contribution in [1.29, 1.82) is 5.26 Å². The van der Waals surface area contributed by atoms with Gasteiger partial charge in [-0.3, -0.25) is 4.79 Å². The first-order chi connectivity index (χ1) is 11.3. The van der Waals surface area contributed by atoms with Gasteiger partial charge in [-0.1, -0.05) is 11.6 Å². The molecular formula is C15H19ClN4O3S. The molecule has 0 unspecified atom stereocenters. The van der Waals surface area contributed by atoms with Gasteiger partial charge >= 0.3 is 0 Å². The summed E-state index contributed by atoms with van der Waals surface area (Å²) < 4.78 is 26.8. The van der Waals surface area contributed by atoms with Crippen LogP contribution < -0.4 is 0 Å². The van der Waals surface area contributed by atoms with E-state index in [1.54, 1.807) is 23.9 Å². The van der Waals surface area contributed by atoms with Crippen molar-refractivity contribution in [2.24, 2.45) is 0 Å². The highest BCUT2D eigenvalue weighted by Gasteiger charge is 2.31. The lowest BCUT2D eigenvalue weighted by Gasteiger charge is -2.34. The number of rotatable bonds is 4. The summed E-state index contributed by atoms with van der Waals surface area (Å²) in [5, 5.41) is 9.39. The molecule has 9 heteroatoms. The molecule has 1 fully saturated rings. The predicted octanol–water partition coefficient (Wildman–Crippen LogP) is 0.606. The van der Waals surface area contributed by atoms with Crippen molar-refractivity contribution in [3.05, 3.63) is 28.8 Å². The SMILES string of the molecule is CN(C)CC(=O)N1CCN(S(=O)(=O)c2cc(Cl)ccc2C#N)CC1. The Balaban J connectivity index is 2.15. The van der Waals surface area contributed by atoms with Crippen LogP contribution in [0.2, 0.25) is 5.02 Å². The van der Waals surface area contributed by atoms with Crippen molar-refractivity contribution in [1.82, 2.24) is 14.1 Å². The lowest BCUT2D eigenvalue weighted by atomic mass is 10.2. The molecule has 0 saturated carbocycles. The van der Waals surface area contributed by atoms with Gasteiger partial charge in [-0.05, 0) is 32.3 Å². The molecule has 1 aromatic carbocycles. The van der Waals surface area contributed by atoms with Crippen LogP contribution in [-0.2, 0) is 14.8 Å². The van der Waals surface area contributed by atoms with Crippen LogP contribution >= 0.6 is 11.6 Å². The van der Waals surface area contributed by atoms with Gasteiger partial charge < -0.3 is 9.80 Å². The molecule has 0 N–H and O–H groups in total. The number of sulfonamides is 1. The molecule has 1 amide bonds. The molecule has 0 spiro atoms. The minimum Gasteiger partial charge on any atom is -0.339 e. The van der Waals surface area contributed by atoms with E-state index in [0.717, 1.165) is 0 Å². The molecular weight excluding hydrogens is 352 g/mol. The summed E-state index contributed by atoms with van der Waals surface area (Å²) in [6.07, 6.45) is 0. The van der Waals surface area contributed by atoms with Gasteiger partial charge in [0.2, 0.25) is 15.9 Å². The van der Waals surface area contributed by atoms with Crippen molar-refractivity contribution >= 4 is 27.5 Å². The average molecular weight is 371 g/mol. The van der Waals surface area contributed by atoms with E-state index in [0.29, 0.717) is 19.6 Å². The van der Waals surface area contributed by atoms with Gasteiger partial charge in [0, 0.05) is 31.2 Å². The number of carbonyl (C=O) groups excluding carboxylic acids is 1. The standard InChI is InChI=1S/C15H19ClN4O3S/c1-18(2)11-15(21)19-5-7-20(8-6-19)24(22,23)14-9-13(16)4-3-12(14)10-17/h3-4,9H,5-8,11H2,1-2H3. The highest BCUT2D eigenvalue weighted by atomic mass is 35.5. The number of hydrogen-bond donors (Lipinski definition) is 0.